The first-order chi connectivity index (χ1) is 10.2. The Labute approximate surface area is 129 Å². The monoisotopic (exact) mass is 300 g/mol. The summed E-state index contributed by atoms with van der Waals surface area (Å²) < 4.78 is 0. The van der Waals surface area contributed by atoms with Gasteiger partial charge in [0, 0.05) is 6.54 Å². The van der Waals surface area contributed by atoms with Gasteiger partial charge in [0.2, 0.25) is 5.91 Å². The van der Waals surface area contributed by atoms with Crippen molar-refractivity contribution in [3.63, 3.8) is 0 Å². The Balaban J connectivity index is 1.91. The lowest BCUT2D eigenvalue weighted by atomic mass is 10.1. The molecule has 1 saturated heterocycles. The number of hydrogen-bond acceptors (Lipinski definition) is 3. The van der Waals surface area contributed by atoms with Crippen molar-refractivity contribution in [3.05, 3.63) is 58.3 Å². The van der Waals surface area contributed by atoms with Gasteiger partial charge in [-0.25, -0.2) is 0 Å². The summed E-state index contributed by atoms with van der Waals surface area (Å²) in [5.41, 5.74) is 2.21. The van der Waals surface area contributed by atoms with Gasteiger partial charge in [0.1, 0.15) is 12.2 Å². The molecular weight excluding hydrogens is 280 g/mol. The van der Waals surface area contributed by atoms with Crippen LogP contribution in [0.3, 0.4) is 0 Å². The summed E-state index contributed by atoms with van der Waals surface area (Å²) in [7, 11) is 0. The predicted molar refractivity (Wildman–Crippen MR) is 85.9 cm³/mol. The molecule has 2 atom stereocenters. The molecule has 1 aliphatic rings. The van der Waals surface area contributed by atoms with Crippen LogP contribution in [0.4, 0.5) is 0 Å². The maximum atomic E-state index is 12.8. The number of nitrogens with zero attached hydrogens (tertiary/aromatic N) is 1. The molecule has 1 aromatic carbocycles. The number of hydrogen-bond donors (Lipinski definition) is 1. The molecule has 1 aliphatic heterocycles. The van der Waals surface area contributed by atoms with E-state index in [1.165, 1.54) is 5.56 Å². The summed E-state index contributed by atoms with van der Waals surface area (Å²) in [4.78, 5) is 14.8. The van der Waals surface area contributed by atoms with Gasteiger partial charge in [0.25, 0.3) is 0 Å². The zero-order chi connectivity index (χ0) is 14.8. The van der Waals surface area contributed by atoms with Crippen molar-refractivity contribution in [1.29, 1.82) is 0 Å². The fourth-order valence-corrected chi connectivity index (χ4v) is 3.47. The summed E-state index contributed by atoms with van der Waals surface area (Å²) in [6.45, 7) is 5.07. The fourth-order valence-electron chi connectivity index (χ4n) is 2.79. The van der Waals surface area contributed by atoms with E-state index in [1.807, 2.05) is 35.2 Å². The minimum atomic E-state index is -0.241. The van der Waals surface area contributed by atoms with Crippen LogP contribution in [0, 0.1) is 5.92 Å². The molecule has 0 bridgehead atoms. The molecule has 1 amide bonds. The highest BCUT2D eigenvalue weighted by molar-refractivity contribution is 7.07. The lowest BCUT2D eigenvalue weighted by Crippen LogP contribution is -2.33. The average molecular weight is 300 g/mol. The largest absolute Gasteiger partial charge is 0.321 e. The van der Waals surface area contributed by atoms with E-state index in [4.69, 9.17) is 0 Å². The van der Waals surface area contributed by atoms with Crippen LogP contribution in [0.2, 0.25) is 0 Å². The fraction of sp³-hybridized carbons (Fsp3) is 0.353. The lowest BCUT2D eigenvalue weighted by Gasteiger charge is -2.25. The summed E-state index contributed by atoms with van der Waals surface area (Å²) in [6, 6.07) is 11.8. The molecule has 110 valence electrons. The third-order valence-electron chi connectivity index (χ3n) is 3.72. The van der Waals surface area contributed by atoms with Crippen molar-refractivity contribution in [2.45, 2.75) is 26.1 Å². The third-order valence-corrected chi connectivity index (χ3v) is 4.42. The summed E-state index contributed by atoms with van der Waals surface area (Å²) in [5, 5.41) is 7.68. The van der Waals surface area contributed by atoms with E-state index < -0.39 is 0 Å². The molecule has 3 rings (SSSR count). The highest BCUT2D eigenvalue weighted by Crippen LogP contribution is 2.33. The summed E-state index contributed by atoms with van der Waals surface area (Å²) in [5.74, 6) is 0.623. The average Bonchev–Trinajstić information content (AvgIpc) is 3.09. The molecule has 1 aromatic heterocycles. The van der Waals surface area contributed by atoms with Crippen molar-refractivity contribution < 1.29 is 4.79 Å². The first-order valence-corrected chi connectivity index (χ1v) is 8.24. The topological polar surface area (TPSA) is 32.3 Å². The van der Waals surface area contributed by atoms with E-state index in [0.29, 0.717) is 5.92 Å². The molecule has 4 heteroatoms. The molecule has 0 aliphatic carbocycles. The smallest absolute Gasteiger partial charge is 0.245 e. The van der Waals surface area contributed by atoms with Crippen LogP contribution >= 0.6 is 11.3 Å². The quantitative estimate of drug-likeness (QED) is 0.936. The maximum absolute atomic E-state index is 12.8. The van der Waals surface area contributed by atoms with Crippen LogP contribution in [-0.4, -0.2) is 17.4 Å². The molecular formula is C17H20N2OS. The van der Waals surface area contributed by atoms with Crippen LogP contribution in [0.25, 0.3) is 0 Å². The SMILES string of the molecule is CC(C)CN1C(=O)C(c2ccccc2)NC1c1ccsc1. The van der Waals surface area contributed by atoms with Gasteiger partial charge in [0.15, 0.2) is 0 Å². The number of rotatable bonds is 4. The second-order valence-electron chi connectivity index (χ2n) is 5.85. The number of benzene rings is 1. The lowest BCUT2D eigenvalue weighted by molar-refractivity contribution is -0.130. The molecule has 0 radical (unpaired) electrons. The normalized spacial score (nSPS) is 22.2. The molecule has 2 aromatic rings. The van der Waals surface area contributed by atoms with E-state index >= 15 is 0 Å². The second kappa shape index (κ2) is 6.00. The molecule has 1 fully saturated rings. The Bertz CT molecular complexity index is 595. The Morgan fingerprint density at radius 1 is 1.19 bits per heavy atom. The predicted octanol–water partition coefficient (Wildman–Crippen LogP) is 3.58. The number of thiophene rings is 1. The minimum Gasteiger partial charge on any atom is -0.321 e. The standard InChI is InChI=1S/C17H20N2OS/c1-12(2)10-19-16(14-8-9-21-11-14)18-15(17(19)20)13-6-4-3-5-7-13/h3-9,11-12,15-16,18H,10H2,1-2H3. The van der Waals surface area contributed by atoms with Crippen LogP contribution in [-0.2, 0) is 4.79 Å². The first-order valence-electron chi connectivity index (χ1n) is 7.30. The van der Waals surface area contributed by atoms with Gasteiger partial charge in [0.05, 0.1) is 0 Å². The molecule has 1 N–H and O–H groups in total. The Hall–Kier alpha value is -1.65. The highest BCUT2D eigenvalue weighted by atomic mass is 32.1. The van der Waals surface area contributed by atoms with E-state index in [2.05, 4.69) is 36.0 Å². The van der Waals surface area contributed by atoms with Crippen LogP contribution in [0.5, 0.6) is 0 Å². The van der Waals surface area contributed by atoms with E-state index in [0.717, 1.165) is 12.1 Å². The van der Waals surface area contributed by atoms with Gasteiger partial charge >= 0.3 is 0 Å². The van der Waals surface area contributed by atoms with E-state index in [-0.39, 0.29) is 18.1 Å². The van der Waals surface area contributed by atoms with Gasteiger partial charge in [-0.05, 0) is 33.9 Å². The van der Waals surface area contributed by atoms with Gasteiger partial charge in [-0.2, -0.15) is 11.3 Å². The van der Waals surface area contributed by atoms with E-state index in [1.54, 1.807) is 11.3 Å². The number of carbonyl (C=O) groups is 1. The molecule has 2 unspecified atom stereocenters. The van der Waals surface area contributed by atoms with Crippen molar-refractivity contribution in [3.8, 4) is 0 Å². The first kappa shape index (κ1) is 14.3. The van der Waals surface area contributed by atoms with E-state index in [9.17, 15) is 4.79 Å². The molecule has 0 spiro atoms. The van der Waals surface area contributed by atoms with Crippen LogP contribution < -0.4 is 5.32 Å². The Morgan fingerprint density at radius 2 is 1.95 bits per heavy atom. The van der Waals surface area contributed by atoms with Gasteiger partial charge in [-0.1, -0.05) is 44.2 Å². The van der Waals surface area contributed by atoms with Crippen molar-refractivity contribution >= 4 is 17.2 Å². The Kier molecular flexibility index (Phi) is 4.08. The Morgan fingerprint density at radius 3 is 2.57 bits per heavy atom. The zero-order valence-corrected chi connectivity index (χ0v) is 13.1. The van der Waals surface area contributed by atoms with Gasteiger partial charge in [-0.15, -0.1) is 0 Å². The molecule has 21 heavy (non-hydrogen) atoms. The maximum Gasteiger partial charge on any atom is 0.245 e. The number of amides is 1. The van der Waals surface area contributed by atoms with Crippen molar-refractivity contribution in [1.82, 2.24) is 10.2 Å². The molecule has 2 heterocycles. The highest BCUT2D eigenvalue weighted by Gasteiger charge is 2.40. The minimum absolute atomic E-state index is 0.0173. The van der Waals surface area contributed by atoms with Gasteiger partial charge in [-0.3, -0.25) is 10.1 Å². The summed E-state index contributed by atoms with van der Waals surface area (Å²) in [6.07, 6.45) is -0.0173. The number of carbonyl (C=O) groups excluding carboxylic acids is 1. The zero-order valence-electron chi connectivity index (χ0n) is 12.3. The van der Waals surface area contributed by atoms with Crippen molar-refractivity contribution in [2.24, 2.45) is 5.92 Å². The second-order valence-corrected chi connectivity index (χ2v) is 6.63. The summed E-state index contributed by atoms with van der Waals surface area (Å²) >= 11 is 1.67. The van der Waals surface area contributed by atoms with Gasteiger partial charge < -0.3 is 4.90 Å². The number of nitrogens with one attached hydrogen (secondary N) is 1. The van der Waals surface area contributed by atoms with Crippen LogP contribution in [0.1, 0.15) is 37.2 Å². The van der Waals surface area contributed by atoms with Crippen molar-refractivity contribution in [2.75, 3.05) is 6.54 Å². The molecule has 3 nitrogen and oxygen atoms in total. The third kappa shape index (κ3) is 2.87. The molecule has 0 saturated carbocycles. The van der Waals surface area contributed by atoms with Crippen LogP contribution in [0.15, 0.2) is 47.2 Å².